The predicted molar refractivity (Wildman–Crippen MR) is 60.7 cm³/mol. The van der Waals surface area contributed by atoms with E-state index >= 15 is 0 Å². The first-order valence-electron chi connectivity index (χ1n) is 5.66. The first-order valence-corrected chi connectivity index (χ1v) is 5.66. The smallest absolute Gasteiger partial charge is 0.227 e. The Morgan fingerprint density at radius 3 is 2.75 bits per heavy atom. The molecule has 1 heterocycles. The van der Waals surface area contributed by atoms with E-state index in [-0.39, 0.29) is 0 Å². The molecule has 1 atom stereocenters. The summed E-state index contributed by atoms with van der Waals surface area (Å²) in [5, 5.41) is 3.82. The summed E-state index contributed by atoms with van der Waals surface area (Å²) in [4.78, 5) is 4.24. The molecule has 0 saturated heterocycles. The molecule has 0 bridgehead atoms. The van der Waals surface area contributed by atoms with Crippen LogP contribution in [0.2, 0.25) is 0 Å². The standard InChI is InChI=1S/C11H21N3O2/c1-8(2)4-9(6-12)5-11-13-10(7-15-3)14-16-11/h8-9H,4-7,12H2,1-3H3. The molecule has 0 aromatic carbocycles. The van der Waals surface area contributed by atoms with Crippen LogP contribution in [0.3, 0.4) is 0 Å². The van der Waals surface area contributed by atoms with Gasteiger partial charge >= 0.3 is 0 Å². The molecule has 0 radical (unpaired) electrons. The van der Waals surface area contributed by atoms with Crippen molar-refractivity contribution in [3.63, 3.8) is 0 Å². The van der Waals surface area contributed by atoms with Crippen LogP contribution in [0.1, 0.15) is 32.0 Å². The van der Waals surface area contributed by atoms with Gasteiger partial charge in [-0.25, -0.2) is 0 Å². The number of nitrogens with two attached hydrogens (primary N) is 1. The molecule has 1 unspecified atom stereocenters. The fraction of sp³-hybridized carbons (Fsp3) is 0.818. The van der Waals surface area contributed by atoms with Crippen LogP contribution in [-0.2, 0) is 17.8 Å². The first kappa shape index (κ1) is 13.1. The Hall–Kier alpha value is -0.940. The highest BCUT2D eigenvalue weighted by Crippen LogP contribution is 2.15. The van der Waals surface area contributed by atoms with Gasteiger partial charge in [0.1, 0.15) is 6.61 Å². The van der Waals surface area contributed by atoms with Crippen LogP contribution in [0.25, 0.3) is 0 Å². The van der Waals surface area contributed by atoms with Crippen molar-refractivity contribution in [2.24, 2.45) is 17.6 Å². The monoisotopic (exact) mass is 227 g/mol. The van der Waals surface area contributed by atoms with E-state index in [1.54, 1.807) is 7.11 Å². The number of hydrogen-bond acceptors (Lipinski definition) is 5. The zero-order valence-electron chi connectivity index (χ0n) is 10.3. The number of methoxy groups -OCH3 is 1. The topological polar surface area (TPSA) is 74.2 Å². The van der Waals surface area contributed by atoms with E-state index in [9.17, 15) is 0 Å². The Labute approximate surface area is 96.4 Å². The lowest BCUT2D eigenvalue weighted by molar-refractivity contribution is 0.174. The summed E-state index contributed by atoms with van der Waals surface area (Å²) in [6.07, 6.45) is 1.84. The molecule has 5 heteroatoms. The Morgan fingerprint density at radius 2 is 2.19 bits per heavy atom. The molecule has 0 fully saturated rings. The summed E-state index contributed by atoms with van der Waals surface area (Å²) >= 11 is 0. The van der Waals surface area contributed by atoms with Gasteiger partial charge in [0.2, 0.25) is 5.89 Å². The number of hydrogen-bond donors (Lipinski definition) is 1. The predicted octanol–water partition coefficient (Wildman–Crippen LogP) is 1.38. The average molecular weight is 227 g/mol. The van der Waals surface area contributed by atoms with Crippen LogP contribution >= 0.6 is 0 Å². The van der Waals surface area contributed by atoms with E-state index in [2.05, 4.69) is 24.0 Å². The zero-order valence-corrected chi connectivity index (χ0v) is 10.3. The van der Waals surface area contributed by atoms with Crippen molar-refractivity contribution >= 4 is 0 Å². The van der Waals surface area contributed by atoms with Crippen molar-refractivity contribution in [1.82, 2.24) is 10.1 Å². The van der Waals surface area contributed by atoms with E-state index in [1.807, 2.05) is 0 Å². The van der Waals surface area contributed by atoms with Crippen LogP contribution in [-0.4, -0.2) is 23.8 Å². The van der Waals surface area contributed by atoms with E-state index in [0.29, 0.717) is 36.7 Å². The van der Waals surface area contributed by atoms with E-state index in [1.165, 1.54) is 0 Å². The molecule has 1 rings (SSSR count). The average Bonchev–Trinajstić information content (AvgIpc) is 2.64. The number of ether oxygens (including phenoxy) is 1. The maximum Gasteiger partial charge on any atom is 0.227 e. The van der Waals surface area contributed by atoms with Gasteiger partial charge in [-0.05, 0) is 24.8 Å². The summed E-state index contributed by atoms with van der Waals surface area (Å²) < 4.78 is 10.1. The molecule has 1 aromatic heterocycles. The van der Waals surface area contributed by atoms with Gasteiger partial charge in [0.25, 0.3) is 0 Å². The van der Waals surface area contributed by atoms with Gasteiger partial charge in [0, 0.05) is 13.5 Å². The Kier molecular flexibility index (Phi) is 5.42. The zero-order chi connectivity index (χ0) is 12.0. The third kappa shape index (κ3) is 4.28. The molecule has 0 aliphatic carbocycles. The van der Waals surface area contributed by atoms with Crippen molar-refractivity contribution in [3.05, 3.63) is 11.7 Å². The number of rotatable bonds is 7. The van der Waals surface area contributed by atoms with Gasteiger partial charge in [0.05, 0.1) is 0 Å². The van der Waals surface area contributed by atoms with Crippen LogP contribution in [0.4, 0.5) is 0 Å². The quantitative estimate of drug-likeness (QED) is 0.761. The van der Waals surface area contributed by atoms with Crippen molar-refractivity contribution < 1.29 is 9.26 Å². The fourth-order valence-corrected chi connectivity index (χ4v) is 1.74. The second-order valence-electron chi connectivity index (χ2n) is 4.47. The maximum absolute atomic E-state index is 5.72. The number of aromatic nitrogens is 2. The molecule has 2 N–H and O–H groups in total. The highest BCUT2D eigenvalue weighted by Gasteiger charge is 2.14. The molecule has 0 aliphatic rings. The van der Waals surface area contributed by atoms with Crippen molar-refractivity contribution in [3.8, 4) is 0 Å². The number of nitrogens with zero attached hydrogens (tertiary/aromatic N) is 2. The molecule has 0 aliphatic heterocycles. The summed E-state index contributed by atoms with van der Waals surface area (Å²) in [7, 11) is 1.61. The van der Waals surface area contributed by atoms with Gasteiger partial charge in [-0.15, -0.1) is 0 Å². The van der Waals surface area contributed by atoms with E-state index in [0.717, 1.165) is 12.8 Å². The van der Waals surface area contributed by atoms with Crippen molar-refractivity contribution in [1.29, 1.82) is 0 Å². The molecular weight excluding hydrogens is 206 g/mol. The molecule has 16 heavy (non-hydrogen) atoms. The highest BCUT2D eigenvalue weighted by molar-refractivity contribution is 4.87. The Bertz CT molecular complexity index is 299. The minimum absolute atomic E-state index is 0.390. The van der Waals surface area contributed by atoms with Crippen LogP contribution in [0.5, 0.6) is 0 Å². The molecule has 0 saturated carbocycles. The lowest BCUT2D eigenvalue weighted by Crippen LogP contribution is -2.19. The largest absolute Gasteiger partial charge is 0.377 e. The highest BCUT2D eigenvalue weighted by atomic mass is 16.5. The second-order valence-corrected chi connectivity index (χ2v) is 4.47. The van der Waals surface area contributed by atoms with Crippen LogP contribution in [0, 0.1) is 11.8 Å². The van der Waals surface area contributed by atoms with Crippen LogP contribution in [0.15, 0.2) is 4.52 Å². The van der Waals surface area contributed by atoms with Gasteiger partial charge in [0.15, 0.2) is 5.82 Å². The summed E-state index contributed by atoms with van der Waals surface area (Å²) in [5.74, 6) is 2.30. The summed E-state index contributed by atoms with van der Waals surface area (Å²) in [6, 6.07) is 0. The Balaban J connectivity index is 2.49. The molecule has 0 amide bonds. The third-order valence-corrected chi connectivity index (χ3v) is 2.38. The first-order chi connectivity index (χ1) is 7.65. The fourth-order valence-electron chi connectivity index (χ4n) is 1.74. The van der Waals surface area contributed by atoms with Gasteiger partial charge < -0.3 is 15.0 Å². The molecule has 0 spiro atoms. The lowest BCUT2D eigenvalue weighted by atomic mass is 9.94. The molecule has 1 aromatic rings. The third-order valence-electron chi connectivity index (χ3n) is 2.38. The SMILES string of the molecule is COCc1noc(CC(CN)CC(C)C)n1. The van der Waals surface area contributed by atoms with Gasteiger partial charge in [-0.2, -0.15) is 4.98 Å². The van der Waals surface area contributed by atoms with Gasteiger partial charge in [-0.1, -0.05) is 19.0 Å². The van der Waals surface area contributed by atoms with Crippen molar-refractivity contribution in [2.45, 2.75) is 33.3 Å². The minimum Gasteiger partial charge on any atom is -0.377 e. The minimum atomic E-state index is 0.390. The molecule has 5 nitrogen and oxygen atoms in total. The molecule has 92 valence electrons. The molecular formula is C11H21N3O2. The van der Waals surface area contributed by atoms with Crippen molar-refractivity contribution in [2.75, 3.05) is 13.7 Å². The Morgan fingerprint density at radius 1 is 1.44 bits per heavy atom. The van der Waals surface area contributed by atoms with E-state index in [4.69, 9.17) is 15.0 Å². The maximum atomic E-state index is 5.72. The van der Waals surface area contributed by atoms with E-state index < -0.39 is 0 Å². The van der Waals surface area contributed by atoms with Gasteiger partial charge in [-0.3, -0.25) is 0 Å². The summed E-state index contributed by atoms with van der Waals surface area (Å²) in [5.41, 5.74) is 5.72. The van der Waals surface area contributed by atoms with Crippen LogP contribution < -0.4 is 5.73 Å². The lowest BCUT2D eigenvalue weighted by Gasteiger charge is -2.14. The second kappa shape index (κ2) is 6.60. The summed E-state index contributed by atoms with van der Waals surface area (Å²) in [6.45, 7) is 5.42. The normalized spacial score (nSPS) is 13.3.